The van der Waals surface area contributed by atoms with E-state index in [2.05, 4.69) is 31.9 Å². The fourth-order valence-electron chi connectivity index (χ4n) is 1.53. The molecule has 0 spiro atoms. The minimum absolute atomic E-state index is 0.0554. The molecule has 3 nitrogen and oxygen atoms in total. The minimum Gasteiger partial charge on any atom is -0.491 e. The first-order chi connectivity index (χ1) is 7.56. The van der Waals surface area contributed by atoms with Crippen molar-refractivity contribution in [3.05, 3.63) is 44.0 Å². The Kier molecular flexibility index (Phi) is 2.99. The Hall–Kier alpha value is -0.940. The quantitative estimate of drug-likeness (QED) is 0.785. The fourth-order valence-corrected chi connectivity index (χ4v) is 2.44. The maximum Gasteiger partial charge on any atom is 0.229 e. The lowest BCUT2D eigenvalue weighted by atomic mass is 9.94. The summed E-state index contributed by atoms with van der Waals surface area (Å²) < 4.78 is 5.85. The topological polar surface area (TPSA) is 43.4 Å². The smallest absolute Gasteiger partial charge is 0.229 e. The zero-order valence-corrected chi connectivity index (χ0v) is 11.4. The van der Waals surface area contributed by atoms with Crippen molar-refractivity contribution in [3.8, 4) is 0 Å². The molecule has 1 aliphatic rings. The van der Waals surface area contributed by atoms with Crippen molar-refractivity contribution in [2.24, 2.45) is 0 Å². The fraction of sp³-hybridized carbons (Fsp3) is 0.0909. The Balaban J connectivity index is 2.69. The molecule has 1 aromatic rings. The summed E-state index contributed by atoms with van der Waals surface area (Å²) in [5.41, 5.74) is 0.750. The van der Waals surface area contributed by atoms with Crippen molar-refractivity contribution in [1.29, 1.82) is 0 Å². The van der Waals surface area contributed by atoms with Crippen LogP contribution >= 0.6 is 31.9 Å². The molecule has 0 bridgehead atoms. The predicted octanol–water partition coefficient (Wildman–Crippen LogP) is 3.08. The molecule has 0 aromatic heterocycles. The van der Waals surface area contributed by atoms with Crippen molar-refractivity contribution in [3.63, 3.8) is 0 Å². The van der Waals surface area contributed by atoms with Crippen LogP contribution in [0.15, 0.2) is 32.9 Å². The lowest BCUT2D eigenvalue weighted by Gasteiger charge is -2.16. The number of ether oxygens (including phenoxy) is 1. The Morgan fingerprint density at radius 2 is 1.75 bits per heavy atom. The van der Waals surface area contributed by atoms with Gasteiger partial charge in [-0.25, -0.2) is 0 Å². The molecule has 0 unspecified atom stereocenters. The molecule has 0 saturated carbocycles. The van der Waals surface area contributed by atoms with Crippen LogP contribution in [-0.4, -0.2) is 18.7 Å². The number of benzene rings is 1. The van der Waals surface area contributed by atoms with Gasteiger partial charge in [-0.05, 0) is 34.1 Å². The molecule has 0 atom stereocenters. The second-order valence-corrected chi connectivity index (χ2v) is 4.90. The van der Waals surface area contributed by atoms with Gasteiger partial charge in [-0.15, -0.1) is 0 Å². The average molecular weight is 346 g/mol. The number of halogens is 2. The molecule has 2 rings (SSSR count). The van der Waals surface area contributed by atoms with Crippen LogP contribution in [0.3, 0.4) is 0 Å². The van der Waals surface area contributed by atoms with Crippen molar-refractivity contribution >= 4 is 43.4 Å². The van der Waals surface area contributed by atoms with Crippen LogP contribution in [0, 0.1) is 0 Å². The van der Waals surface area contributed by atoms with Gasteiger partial charge in [-0.3, -0.25) is 9.59 Å². The van der Waals surface area contributed by atoms with Crippen LogP contribution in [0.4, 0.5) is 0 Å². The zero-order chi connectivity index (χ0) is 11.9. The van der Waals surface area contributed by atoms with E-state index < -0.39 is 0 Å². The van der Waals surface area contributed by atoms with Gasteiger partial charge >= 0.3 is 0 Å². The van der Waals surface area contributed by atoms with Crippen LogP contribution in [0.5, 0.6) is 0 Å². The molecule has 5 heteroatoms. The van der Waals surface area contributed by atoms with E-state index in [4.69, 9.17) is 4.74 Å². The van der Waals surface area contributed by atoms with Gasteiger partial charge in [0.15, 0.2) is 5.76 Å². The highest BCUT2D eigenvalue weighted by atomic mass is 79.9. The van der Waals surface area contributed by atoms with E-state index in [1.165, 1.54) is 7.11 Å². The first-order valence-corrected chi connectivity index (χ1v) is 5.97. The van der Waals surface area contributed by atoms with E-state index in [9.17, 15) is 9.59 Å². The molecule has 1 aliphatic carbocycles. The van der Waals surface area contributed by atoms with Crippen molar-refractivity contribution in [1.82, 2.24) is 0 Å². The molecular formula is C11H6Br2O3. The van der Waals surface area contributed by atoms with Gasteiger partial charge in [0.05, 0.1) is 7.11 Å². The van der Waals surface area contributed by atoms with E-state index in [0.717, 1.165) is 4.47 Å². The summed E-state index contributed by atoms with van der Waals surface area (Å²) in [5, 5.41) is 0. The van der Waals surface area contributed by atoms with Gasteiger partial charge in [0.2, 0.25) is 11.6 Å². The summed E-state index contributed by atoms with van der Waals surface area (Å²) >= 11 is 6.35. The number of carbonyl (C=O) groups is 2. The van der Waals surface area contributed by atoms with E-state index >= 15 is 0 Å². The first kappa shape index (κ1) is 11.5. The monoisotopic (exact) mass is 344 g/mol. The molecule has 0 fully saturated rings. The van der Waals surface area contributed by atoms with Crippen LogP contribution in [0.1, 0.15) is 20.7 Å². The van der Waals surface area contributed by atoms with Crippen LogP contribution in [0.2, 0.25) is 0 Å². The van der Waals surface area contributed by atoms with Gasteiger partial charge in [0, 0.05) is 15.6 Å². The number of Topliss-reactive ketones (excluding diaryl/α,β-unsaturated/α-hetero) is 2. The third-order valence-corrected chi connectivity index (χ3v) is 3.49. The van der Waals surface area contributed by atoms with Crippen molar-refractivity contribution in [2.75, 3.05) is 7.11 Å². The number of methoxy groups -OCH3 is 1. The summed E-state index contributed by atoms with van der Waals surface area (Å²) in [6, 6.07) is 4.96. The van der Waals surface area contributed by atoms with Gasteiger partial charge in [-0.1, -0.05) is 15.9 Å². The number of fused-ring (bicyclic) bond motifs is 1. The molecule has 0 saturated heterocycles. The standard InChI is InChI=1S/C11H6Br2O3/c1-16-11-8(13)9(14)7-4-5(12)2-3-6(7)10(11)15/h2-4H,1H3. The predicted molar refractivity (Wildman–Crippen MR) is 65.8 cm³/mol. The average Bonchev–Trinajstić information content (AvgIpc) is 2.27. The molecule has 0 amide bonds. The summed E-state index contributed by atoms with van der Waals surface area (Å²) in [7, 11) is 1.37. The van der Waals surface area contributed by atoms with Gasteiger partial charge < -0.3 is 4.74 Å². The Bertz CT molecular complexity index is 532. The molecule has 0 heterocycles. The first-order valence-electron chi connectivity index (χ1n) is 4.39. The maximum absolute atomic E-state index is 11.9. The molecule has 82 valence electrons. The second-order valence-electron chi connectivity index (χ2n) is 3.20. The third kappa shape index (κ3) is 1.64. The summed E-state index contributed by atoms with van der Waals surface area (Å²) in [6.45, 7) is 0. The normalized spacial score (nSPS) is 15.2. The number of allylic oxidation sites excluding steroid dienone is 2. The zero-order valence-electron chi connectivity index (χ0n) is 8.21. The van der Waals surface area contributed by atoms with E-state index in [0.29, 0.717) is 11.1 Å². The molecule has 1 aromatic carbocycles. The number of rotatable bonds is 1. The molecule has 0 radical (unpaired) electrons. The van der Waals surface area contributed by atoms with Crippen LogP contribution < -0.4 is 0 Å². The van der Waals surface area contributed by atoms with Crippen LogP contribution in [0.25, 0.3) is 0 Å². The lowest BCUT2D eigenvalue weighted by molar-refractivity contribution is 0.0914. The molecule has 0 N–H and O–H groups in total. The van der Waals surface area contributed by atoms with E-state index in [-0.39, 0.29) is 21.8 Å². The highest BCUT2D eigenvalue weighted by molar-refractivity contribution is 9.12. The number of hydrogen-bond acceptors (Lipinski definition) is 3. The molecule has 16 heavy (non-hydrogen) atoms. The molecular weight excluding hydrogens is 340 g/mol. The van der Waals surface area contributed by atoms with Gasteiger partial charge in [0.25, 0.3) is 0 Å². The van der Waals surface area contributed by atoms with Crippen LogP contribution in [-0.2, 0) is 4.74 Å². The number of hydrogen-bond donors (Lipinski definition) is 0. The third-order valence-electron chi connectivity index (χ3n) is 2.28. The summed E-state index contributed by atoms with van der Waals surface area (Å²) in [6.07, 6.45) is 0. The molecule has 0 aliphatic heterocycles. The lowest BCUT2D eigenvalue weighted by Crippen LogP contribution is -2.20. The van der Waals surface area contributed by atoms with E-state index in [1.807, 2.05) is 0 Å². The van der Waals surface area contributed by atoms with Crippen molar-refractivity contribution in [2.45, 2.75) is 0 Å². The summed E-state index contributed by atoms with van der Waals surface area (Å²) in [4.78, 5) is 23.9. The second kappa shape index (κ2) is 4.14. The SMILES string of the molecule is COC1=C(Br)C(=O)c2cc(Br)ccc2C1=O. The number of carbonyl (C=O) groups excluding carboxylic acids is 2. The highest BCUT2D eigenvalue weighted by Crippen LogP contribution is 2.31. The Morgan fingerprint density at radius 1 is 1.06 bits per heavy atom. The van der Waals surface area contributed by atoms with Gasteiger partial charge in [-0.2, -0.15) is 0 Å². The maximum atomic E-state index is 11.9. The Morgan fingerprint density at radius 3 is 2.38 bits per heavy atom. The minimum atomic E-state index is -0.281. The van der Waals surface area contributed by atoms with Gasteiger partial charge in [0.1, 0.15) is 4.48 Å². The number of ketones is 2. The van der Waals surface area contributed by atoms with Crippen molar-refractivity contribution < 1.29 is 14.3 Å². The highest BCUT2D eigenvalue weighted by Gasteiger charge is 2.31. The largest absolute Gasteiger partial charge is 0.491 e. The Labute approximate surface area is 109 Å². The van der Waals surface area contributed by atoms with E-state index in [1.54, 1.807) is 18.2 Å². The summed E-state index contributed by atoms with van der Waals surface area (Å²) in [5.74, 6) is -0.468.